The summed E-state index contributed by atoms with van der Waals surface area (Å²) in [7, 11) is 3.07. The van der Waals surface area contributed by atoms with Crippen molar-refractivity contribution in [2.24, 2.45) is 0 Å². The van der Waals surface area contributed by atoms with Crippen LogP contribution < -0.4 is 19.3 Å². The molecule has 8 aromatic rings. The minimum Gasteiger partial charge on any atom is -0.491 e. The van der Waals surface area contributed by atoms with Crippen LogP contribution in [0.2, 0.25) is 0 Å². The van der Waals surface area contributed by atoms with Gasteiger partial charge in [-0.05, 0) is 77.0 Å². The van der Waals surface area contributed by atoms with E-state index in [1.807, 2.05) is 48.5 Å². The highest BCUT2D eigenvalue weighted by atomic mass is 32.1. The van der Waals surface area contributed by atoms with E-state index >= 15 is 0 Å². The van der Waals surface area contributed by atoms with Gasteiger partial charge in [-0.1, -0.05) is 109 Å². The molecule has 272 valence electrons. The quantitative estimate of drug-likeness (QED) is 0.104. The minimum absolute atomic E-state index is 0.344. The molecule has 0 amide bonds. The van der Waals surface area contributed by atoms with Crippen LogP contribution in [0.5, 0.6) is 11.5 Å². The number of benzene rings is 7. The Kier molecular flexibility index (Phi) is 9.91. The van der Waals surface area contributed by atoms with E-state index < -0.39 is 11.5 Å². The van der Waals surface area contributed by atoms with Gasteiger partial charge < -0.3 is 24.4 Å². The zero-order valence-corrected chi connectivity index (χ0v) is 31.4. The highest BCUT2D eigenvalue weighted by Gasteiger charge is 2.26. The molecule has 7 aromatic carbocycles. The Morgan fingerprint density at radius 2 is 1.07 bits per heavy atom. The van der Waals surface area contributed by atoms with E-state index in [1.165, 1.54) is 24.5 Å². The average molecular weight is 750 g/mol. The molecule has 0 unspecified atom stereocenters. The summed E-state index contributed by atoms with van der Waals surface area (Å²) in [6.07, 6.45) is 1.33. The van der Waals surface area contributed by atoms with Gasteiger partial charge in [-0.25, -0.2) is 4.79 Å². The number of carboxylic acid groups (broad SMARTS) is 1. The molecule has 0 aliphatic rings. The van der Waals surface area contributed by atoms with Gasteiger partial charge >= 0.3 is 5.97 Å². The number of fused-ring (bicyclic) bond motifs is 2. The lowest BCUT2D eigenvalue weighted by Crippen LogP contribution is -2.14. The van der Waals surface area contributed by atoms with E-state index in [4.69, 9.17) is 9.47 Å². The van der Waals surface area contributed by atoms with Gasteiger partial charge in [0.15, 0.2) is 11.5 Å². The molecule has 7 nitrogen and oxygen atoms in total. The molecule has 0 aliphatic carbocycles. The third kappa shape index (κ3) is 6.68. The molecule has 0 saturated heterocycles. The molecule has 1 heterocycles. The number of rotatable bonds is 11. The summed E-state index contributed by atoms with van der Waals surface area (Å²) >= 11 is 1.30. The number of hydrogen-bond acceptors (Lipinski definition) is 7. The normalized spacial score (nSPS) is 11.3. The molecule has 0 spiro atoms. The van der Waals surface area contributed by atoms with Crippen molar-refractivity contribution in [3.63, 3.8) is 0 Å². The van der Waals surface area contributed by atoms with E-state index in [0.29, 0.717) is 21.3 Å². The van der Waals surface area contributed by atoms with Gasteiger partial charge in [0.25, 0.3) is 0 Å². The largest absolute Gasteiger partial charge is 0.491 e. The first-order valence-electron chi connectivity index (χ1n) is 17.9. The fourth-order valence-electron chi connectivity index (χ4n) is 7.15. The van der Waals surface area contributed by atoms with E-state index in [1.54, 1.807) is 13.2 Å². The van der Waals surface area contributed by atoms with Crippen LogP contribution in [0.1, 0.15) is 4.88 Å². The van der Waals surface area contributed by atoms with Crippen LogP contribution in [0, 0.1) is 11.3 Å². The van der Waals surface area contributed by atoms with Crippen molar-refractivity contribution >= 4 is 79.1 Å². The number of methoxy groups -OCH3 is 2. The maximum atomic E-state index is 12.0. The molecule has 0 saturated carbocycles. The van der Waals surface area contributed by atoms with Gasteiger partial charge in [0.1, 0.15) is 11.6 Å². The van der Waals surface area contributed by atoms with Crippen LogP contribution >= 0.6 is 11.3 Å². The second-order valence-electron chi connectivity index (χ2n) is 12.9. The van der Waals surface area contributed by atoms with Crippen molar-refractivity contribution in [1.29, 1.82) is 5.26 Å². The van der Waals surface area contributed by atoms with Gasteiger partial charge in [-0.2, -0.15) is 5.26 Å². The van der Waals surface area contributed by atoms with E-state index in [0.717, 1.165) is 61.2 Å². The molecule has 8 rings (SSSR count). The van der Waals surface area contributed by atoms with Gasteiger partial charge in [-0.3, -0.25) is 0 Å². The standard InChI is InChI=1S/C48H35N3O4S/c1-54-45-44(29-35(31-49)48(52)53)56-47(46(45)55-2)34-27-38(50(36-19-5-3-6-20-36)42-25-13-17-32-15-9-11-23-40(32)42)30-39(28-34)51(37-21-7-4-8-22-37)43-26-14-18-33-16-10-12-24-41(33)43/h3-30H,1-2H3,(H,52,53)/b35-29-. The smallest absolute Gasteiger partial charge is 0.346 e. The number of aliphatic carboxylic acids is 1. The van der Waals surface area contributed by atoms with Crippen molar-refractivity contribution in [3.05, 3.63) is 174 Å². The van der Waals surface area contributed by atoms with Crippen molar-refractivity contribution in [1.82, 2.24) is 0 Å². The zero-order valence-electron chi connectivity index (χ0n) is 30.6. The van der Waals surface area contributed by atoms with Crippen LogP contribution in [0.25, 0.3) is 38.1 Å². The summed E-state index contributed by atoms with van der Waals surface area (Å²) < 4.78 is 11.9. The van der Waals surface area contributed by atoms with Gasteiger partial charge in [0.2, 0.25) is 0 Å². The summed E-state index contributed by atoms with van der Waals surface area (Å²) in [4.78, 5) is 17.6. The monoisotopic (exact) mass is 749 g/mol. The number of nitriles is 1. The van der Waals surface area contributed by atoms with E-state index in [-0.39, 0.29) is 0 Å². The van der Waals surface area contributed by atoms with Crippen molar-refractivity contribution in [2.75, 3.05) is 24.0 Å². The van der Waals surface area contributed by atoms with Crippen LogP contribution in [-0.2, 0) is 4.79 Å². The molecule has 0 aliphatic heterocycles. The maximum absolute atomic E-state index is 12.0. The molecule has 8 heteroatoms. The number of anilines is 6. The molecule has 0 fully saturated rings. The fraction of sp³-hybridized carbons (Fsp3) is 0.0417. The van der Waals surface area contributed by atoms with Crippen molar-refractivity contribution < 1.29 is 19.4 Å². The van der Waals surface area contributed by atoms with Gasteiger partial charge in [-0.15, -0.1) is 11.3 Å². The third-order valence-electron chi connectivity index (χ3n) is 9.61. The Bertz CT molecular complexity index is 2640. The Morgan fingerprint density at radius 1 is 0.607 bits per heavy atom. The van der Waals surface area contributed by atoms with Crippen LogP contribution in [0.4, 0.5) is 34.1 Å². The van der Waals surface area contributed by atoms with Crippen LogP contribution in [0.3, 0.4) is 0 Å². The topological polar surface area (TPSA) is 86.0 Å². The van der Waals surface area contributed by atoms with Crippen LogP contribution in [0.15, 0.2) is 169 Å². The Labute approximate surface area is 328 Å². The fourth-order valence-corrected chi connectivity index (χ4v) is 8.32. The zero-order chi connectivity index (χ0) is 38.6. The lowest BCUT2D eigenvalue weighted by molar-refractivity contribution is -0.132. The Morgan fingerprint density at radius 3 is 1.54 bits per heavy atom. The molecular formula is C48H35N3O4S. The van der Waals surface area contributed by atoms with E-state index in [9.17, 15) is 15.2 Å². The Balaban J connectivity index is 1.47. The summed E-state index contributed by atoms with van der Waals surface area (Å²) in [6, 6.07) is 58.1. The first-order chi connectivity index (χ1) is 27.5. The average Bonchev–Trinajstić information content (AvgIpc) is 3.61. The number of nitrogens with zero attached hydrogens (tertiary/aromatic N) is 3. The number of hydrogen-bond donors (Lipinski definition) is 1. The highest BCUT2D eigenvalue weighted by Crippen LogP contribution is 2.52. The lowest BCUT2D eigenvalue weighted by atomic mass is 10.0. The van der Waals surface area contributed by atoms with Crippen LogP contribution in [-0.4, -0.2) is 25.3 Å². The van der Waals surface area contributed by atoms with Crippen molar-refractivity contribution in [2.45, 2.75) is 0 Å². The lowest BCUT2D eigenvalue weighted by Gasteiger charge is -2.31. The predicted molar refractivity (Wildman–Crippen MR) is 228 cm³/mol. The SMILES string of the molecule is COc1c(/C=C(/C#N)C(=O)O)sc(-c2cc(N(c3ccccc3)c3cccc4ccccc34)cc(N(c3ccccc3)c3cccc4ccccc34)c2)c1OC. The third-order valence-corrected chi connectivity index (χ3v) is 10.8. The second-order valence-corrected chi connectivity index (χ2v) is 14.0. The number of para-hydroxylation sites is 2. The number of carbonyl (C=O) groups is 1. The highest BCUT2D eigenvalue weighted by molar-refractivity contribution is 7.17. The second kappa shape index (κ2) is 15.6. The molecule has 0 atom stereocenters. The van der Waals surface area contributed by atoms with Gasteiger partial charge in [0, 0.05) is 33.5 Å². The molecule has 1 aromatic heterocycles. The maximum Gasteiger partial charge on any atom is 0.346 e. The predicted octanol–water partition coefficient (Wildman–Crippen LogP) is 12.7. The molecule has 1 N–H and O–H groups in total. The number of carboxylic acids is 1. The number of thiophene rings is 1. The minimum atomic E-state index is -1.32. The molecule has 56 heavy (non-hydrogen) atoms. The molecule has 0 radical (unpaired) electrons. The number of ether oxygens (including phenoxy) is 2. The Hall–Kier alpha value is -7.34. The molecular weight excluding hydrogens is 715 g/mol. The summed E-state index contributed by atoms with van der Waals surface area (Å²) in [5, 5.41) is 23.8. The molecule has 0 bridgehead atoms. The van der Waals surface area contributed by atoms with E-state index in [2.05, 4.69) is 125 Å². The van der Waals surface area contributed by atoms with Crippen molar-refractivity contribution in [3.8, 4) is 28.0 Å². The first-order valence-corrected chi connectivity index (χ1v) is 18.7. The summed E-state index contributed by atoms with van der Waals surface area (Å²) in [5.74, 6) is -0.548. The summed E-state index contributed by atoms with van der Waals surface area (Å²) in [6.45, 7) is 0. The van der Waals surface area contributed by atoms with Gasteiger partial charge in [0.05, 0.1) is 35.3 Å². The summed E-state index contributed by atoms with van der Waals surface area (Å²) in [5.41, 5.74) is 6.04. The first kappa shape index (κ1) is 35.7.